The third-order valence-electron chi connectivity index (χ3n) is 1.00. The lowest BCUT2D eigenvalue weighted by Gasteiger charge is -1.94. The molecule has 0 aliphatic carbocycles. The van der Waals surface area contributed by atoms with Gasteiger partial charge in [0, 0.05) is 12.2 Å². The largest absolute Gasteiger partial charge is 0.460 e. The van der Waals surface area contributed by atoms with Crippen molar-refractivity contribution in [1.29, 1.82) is 0 Å². The first kappa shape index (κ1) is 16.8. The molecule has 0 radical (unpaired) electrons. The fourth-order valence-electron chi connectivity index (χ4n) is 0.410. The van der Waals surface area contributed by atoms with Gasteiger partial charge < -0.3 is 19.7 Å². The van der Waals surface area contributed by atoms with E-state index in [-0.39, 0.29) is 26.4 Å². The van der Waals surface area contributed by atoms with Crippen LogP contribution < -0.4 is 0 Å². The van der Waals surface area contributed by atoms with Gasteiger partial charge in [0.2, 0.25) is 0 Å². The molecule has 0 bridgehead atoms. The van der Waals surface area contributed by atoms with Gasteiger partial charge in [-0.1, -0.05) is 13.2 Å². The molecule has 6 nitrogen and oxygen atoms in total. The Hall–Kier alpha value is -1.66. The quantitative estimate of drug-likeness (QED) is 0.470. The van der Waals surface area contributed by atoms with Crippen LogP contribution in [0.5, 0.6) is 0 Å². The predicted octanol–water partition coefficient (Wildman–Crippen LogP) is -0.584. The summed E-state index contributed by atoms with van der Waals surface area (Å²) in [5.41, 5.74) is 0. The molecule has 0 saturated carbocycles. The third-order valence-corrected chi connectivity index (χ3v) is 1.00. The highest BCUT2D eigenvalue weighted by molar-refractivity contribution is 5.81. The van der Waals surface area contributed by atoms with Crippen LogP contribution in [0.25, 0.3) is 0 Å². The molecule has 0 spiro atoms. The second-order valence-corrected chi connectivity index (χ2v) is 2.19. The number of aliphatic hydroxyl groups excluding tert-OH is 2. The molecule has 0 atom stereocenters. The number of carbonyl (C=O) groups is 2. The first-order chi connectivity index (χ1) is 7.62. The average molecular weight is 232 g/mol. The summed E-state index contributed by atoms with van der Waals surface area (Å²) in [4.78, 5) is 20.2. The van der Waals surface area contributed by atoms with Crippen LogP contribution in [0.1, 0.15) is 0 Å². The van der Waals surface area contributed by atoms with E-state index in [9.17, 15) is 9.59 Å². The Balaban J connectivity index is 0. The van der Waals surface area contributed by atoms with Crippen molar-refractivity contribution in [2.24, 2.45) is 0 Å². The van der Waals surface area contributed by atoms with Crippen molar-refractivity contribution in [3.8, 4) is 0 Å². The molecule has 0 fully saturated rings. The van der Waals surface area contributed by atoms with Crippen LogP contribution in [0.3, 0.4) is 0 Å². The summed E-state index contributed by atoms with van der Waals surface area (Å²) in [5, 5.41) is 16.2. The van der Waals surface area contributed by atoms with E-state index in [1.54, 1.807) is 0 Å². The standard InChI is InChI=1S/2C5H8O3/c2*1-2-5(7)8-4-3-6/h2*2,6H,1,3-4H2. The van der Waals surface area contributed by atoms with Gasteiger partial charge in [-0.2, -0.15) is 0 Å². The molecule has 92 valence electrons. The van der Waals surface area contributed by atoms with E-state index in [1.165, 1.54) is 0 Å². The zero-order valence-corrected chi connectivity index (χ0v) is 8.92. The van der Waals surface area contributed by atoms with Crippen LogP contribution in [-0.4, -0.2) is 48.6 Å². The van der Waals surface area contributed by atoms with Gasteiger partial charge in [0.25, 0.3) is 0 Å². The number of ether oxygens (including phenoxy) is 2. The van der Waals surface area contributed by atoms with Crippen molar-refractivity contribution in [2.75, 3.05) is 26.4 Å². The minimum absolute atomic E-state index is 0.0465. The van der Waals surface area contributed by atoms with Crippen LogP contribution in [0.4, 0.5) is 0 Å². The fourth-order valence-corrected chi connectivity index (χ4v) is 0.410. The first-order valence-electron chi connectivity index (χ1n) is 4.42. The van der Waals surface area contributed by atoms with Crippen LogP contribution in [0.15, 0.2) is 25.3 Å². The van der Waals surface area contributed by atoms with Crippen LogP contribution in [-0.2, 0) is 19.1 Å². The van der Waals surface area contributed by atoms with E-state index >= 15 is 0 Å². The lowest BCUT2D eigenvalue weighted by molar-refractivity contribution is -0.139. The Morgan fingerprint density at radius 3 is 1.44 bits per heavy atom. The Kier molecular flexibility index (Phi) is 14.0. The Morgan fingerprint density at radius 2 is 1.25 bits per heavy atom. The Labute approximate surface area is 93.8 Å². The number of aliphatic hydroxyl groups is 2. The average Bonchev–Trinajstić information content (AvgIpc) is 2.33. The highest BCUT2D eigenvalue weighted by atomic mass is 16.5. The lowest BCUT2D eigenvalue weighted by atomic mass is 10.6. The summed E-state index contributed by atoms with van der Waals surface area (Å²) < 4.78 is 8.67. The highest BCUT2D eigenvalue weighted by Crippen LogP contribution is 1.76. The minimum Gasteiger partial charge on any atom is -0.460 e. The number of hydrogen-bond acceptors (Lipinski definition) is 6. The van der Waals surface area contributed by atoms with E-state index in [0.29, 0.717) is 0 Å². The van der Waals surface area contributed by atoms with Gasteiger partial charge in [0.1, 0.15) is 13.2 Å². The molecule has 0 aromatic heterocycles. The molecule has 0 aliphatic heterocycles. The molecule has 2 N–H and O–H groups in total. The minimum atomic E-state index is -0.501. The van der Waals surface area contributed by atoms with E-state index < -0.39 is 11.9 Å². The van der Waals surface area contributed by atoms with E-state index in [1.807, 2.05) is 0 Å². The van der Waals surface area contributed by atoms with Gasteiger partial charge in [-0.15, -0.1) is 0 Å². The van der Waals surface area contributed by atoms with Gasteiger partial charge >= 0.3 is 11.9 Å². The molecule has 0 aromatic carbocycles. The van der Waals surface area contributed by atoms with Gasteiger partial charge in [0.15, 0.2) is 0 Å². The summed E-state index contributed by atoms with van der Waals surface area (Å²) in [6, 6.07) is 0. The van der Waals surface area contributed by atoms with E-state index in [4.69, 9.17) is 10.2 Å². The molecule has 0 aromatic rings. The lowest BCUT2D eigenvalue weighted by Crippen LogP contribution is -2.04. The molecule has 0 rings (SSSR count). The highest BCUT2D eigenvalue weighted by Gasteiger charge is 1.90. The van der Waals surface area contributed by atoms with Gasteiger partial charge in [0.05, 0.1) is 13.2 Å². The monoisotopic (exact) mass is 232 g/mol. The second-order valence-electron chi connectivity index (χ2n) is 2.19. The molecule has 0 aliphatic rings. The molecule has 6 heteroatoms. The van der Waals surface area contributed by atoms with E-state index in [0.717, 1.165) is 12.2 Å². The predicted molar refractivity (Wildman–Crippen MR) is 56.5 cm³/mol. The number of carbonyl (C=O) groups excluding carboxylic acids is 2. The summed E-state index contributed by atoms with van der Waals surface area (Å²) in [5.74, 6) is -1.00. The second kappa shape index (κ2) is 13.3. The first-order valence-corrected chi connectivity index (χ1v) is 4.42. The molecule has 16 heavy (non-hydrogen) atoms. The molecular formula is C10H16O6. The van der Waals surface area contributed by atoms with Crippen LogP contribution in [0.2, 0.25) is 0 Å². The maximum atomic E-state index is 10.1. The fraction of sp³-hybridized carbons (Fsp3) is 0.400. The Bertz CT molecular complexity index is 199. The number of esters is 2. The van der Waals surface area contributed by atoms with Gasteiger partial charge in [-0.05, 0) is 0 Å². The van der Waals surface area contributed by atoms with Crippen molar-refractivity contribution in [3.63, 3.8) is 0 Å². The zero-order chi connectivity index (χ0) is 12.8. The molecule has 0 heterocycles. The van der Waals surface area contributed by atoms with Crippen molar-refractivity contribution in [2.45, 2.75) is 0 Å². The normalized spacial score (nSPS) is 8.12. The third kappa shape index (κ3) is 14.8. The van der Waals surface area contributed by atoms with Crippen molar-refractivity contribution >= 4 is 11.9 Å². The maximum Gasteiger partial charge on any atom is 0.330 e. The molecule has 0 saturated heterocycles. The zero-order valence-electron chi connectivity index (χ0n) is 8.92. The summed E-state index contributed by atoms with van der Waals surface area (Å²) in [7, 11) is 0. The van der Waals surface area contributed by atoms with Crippen LogP contribution in [0, 0.1) is 0 Å². The molecular weight excluding hydrogens is 216 g/mol. The SMILES string of the molecule is C=CC(=O)OCCO.C=CC(=O)OCCO. The molecule has 0 amide bonds. The van der Waals surface area contributed by atoms with Crippen LogP contribution >= 0.6 is 0 Å². The van der Waals surface area contributed by atoms with Gasteiger partial charge in [-0.25, -0.2) is 9.59 Å². The van der Waals surface area contributed by atoms with Crippen molar-refractivity contribution in [3.05, 3.63) is 25.3 Å². The Morgan fingerprint density at radius 1 is 0.938 bits per heavy atom. The smallest absolute Gasteiger partial charge is 0.330 e. The topological polar surface area (TPSA) is 93.1 Å². The molecule has 0 unspecified atom stereocenters. The van der Waals surface area contributed by atoms with E-state index in [2.05, 4.69) is 22.6 Å². The van der Waals surface area contributed by atoms with Crippen molar-refractivity contribution < 1.29 is 29.3 Å². The summed E-state index contributed by atoms with van der Waals surface area (Å²) >= 11 is 0. The summed E-state index contributed by atoms with van der Waals surface area (Å²) in [6.45, 7) is 6.13. The van der Waals surface area contributed by atoms with Gasteiger partial charge in [-0.3, -0.25) is 0 Å². The number of hydrogen-bond donors (Lipinski definition) is 2. The number of rotatable bonds is 6. The van der Waals surface area contributed by atoms with Crippen molar-refractivity contribution in [1.82, 2.24) is 0 Å². The summed E-state index contributed by atoms with van der Waals surface area (Å²) in [6.07, 6.45) is 2.10. The maximum absolute atomic E-state index is 10.1.